The number of halogens is 1. The molecule has 1 amide bonds. The number of thioether (sulfide) groups is 1. The summed E-state index contributed by atoms with van der Waals surface area (Å²) in [5.74, 6) is 1.18. The number of carbonyl (C=O) groups is 1. The van der Waals surface area contributed by atoms with Crippen LogP contribution in [-0.4, -0.2) is 55.1 Å². The van der Waals surface area contributed by atoms with Gasteiger partial charge in [-0.2, -0.15) is 0 Å². The van der Waals surface area contributed by atoms with Crippen LogP contribution in [0.2, 0.25) is 0 Å². The Kier molecular flexibility index (Phi) is 20.7. The number of nitrogens with zero attached hydrogens (tertiary/aromatic N) is 3. The molecule has 0 bridgehead atoms. The molecule has 3 rings (SSSR count). The maximum atomic E-state index is 14.1. The Hall–Kier alpha value is -2.54. The molecule has 1 aliphatic carbocycles. The third-order valence-electron chi connectivity index (χ3n) is 8.34. The van der Waals surface area contributed by atoms with Crippen molar-refractivity contribution in [2.45, 2.75) is 92.2 Å². The van der Waals surface area contributed by atoms with E-state index in [1.54, 1.807) is 11.8 Å². The summed E-state index contributed by atoms with van der Waals surface area (Å²) < 4.78 is -0.235. The number of rotatable bonds is 17. The Morgan fingerprint density at radius 2 is 1.81 bits per heavy atom. The topological polar surface area (TPSA) is 47.9 Å². The lowest BCUT2D eigenvalue weighted by atomic mass is 9.89. The molecule has 2 aliphatic rings. The Labute approximate surface area is 297 Å². The number of aliphatic imine (C=N–C) groups is 1. The zero-order valence-electron chi connectivity index (χ0n) is 30.7. The average Bonchev–Trinajstić information content (AvgIpc) is 3.35. The first kappa shape index (κ1) is 42.5. The minimum atomic E-state index is -0.235. The first-order chi connectivity index (χ1) is 22.4. The van der Waals surface area contributed by atoms with Crippen molar-refractivity contribution in [3.63, 3.8) is 0 Å². The van der Waals surface area contributed by atoms with Gasteiger partial charge in [0.1, 0.15) is 0 Å². The van der Waals surface area contributed by atoms with Gasteiger partial charge in [0.15, 0.2) is 0 Å². The molecular weight excluding hydrogens is 620 g/mol. The molecular formula is C40H63ClN4OS. The number of unbranched alkanes of at least 4 members (excludes halogenated alkanes) is 1. The van der Waals surface area contributed by atoms with E-state index in [0.29, 0.717) is 29.7 Å². The molecule has 0 fully saturated rings. The van der Waals surface area contributed by atoms with E-state index in [1.807, 2.05) is 47.4 Å². The second-order valence-corrected chi connectivity index (χ2v) is 14.8. The number of anilines is 1. The van der Waals surface area contributed by atoms with Crippen LogP contribution in [0, 0.1) is 17.8 Å². The average molecular weight is 683 g/mol. The summed E-state index contributed by atoms with van der Waals surface area (Å²) in [7, 11) is 0. The van der Waals surface area contributed by atoms with Crippen LogP contribution in [0.1, 0.15) is 87.5 Å². The lowest BCUT2D eigenvalue weighted by Gasteiger charge is -2.34. The summed E-state index contributed by atoms with van der Waals surface area (Å²) in [6, 6.07) is 7.96. The van der Waals surface area contributed by atoms with Gasteiger partial charge in [0.05, 0.1) is 22.9 Å². The highest BCUT2D eigenvalue weighted by atomic mass is 35.5. The van der Waals surface area contributed by atoms with E-state index in [1.165, 1.54) is 6.42 Å². The minimum absolute atomic E-state index is 0.0109. The van der Waals surface area contributed by atoms with Gasteiger partial charge in [0.2, 0.25) is 0 Å². The van der Waals surface area contributed by atoms with Gasteiger partial charge in [-0.05, 0) is 63.4 Å². The van der Waals surface area contributed by atoms with Crippen molar-refractivity contribution >= 4 is 47.4 Å². The zero-order valence-corrected chi connectivity index (χ0v) is 32.2. The van der Waals surface area contributed by atoms with E-state index in [0.717, 1.165) is 61.6 Å². The van der Waals surface area contributed by atoms with Gasteiger partial charge >= 0.3 is 0 Å². The number of amides is 1. The summed E-state index contributed by atoms with van der Waals surface area (Å²) in [5, 5.41) is 4.14. The van der Waals surface area contributed by atoms with Gasteiger partial charge in [-0.15, -0.1) is 18.3 Å². The molecule has 0 saturated heterocycles. The highest BCUT2D eigenvalue weighted by Crippen LogP contribution is 2.54. The van der Waals surface area contributed by atoms with E-state index in [-0.39, 0.29) is 22.5 Å². The van der Waals surface area contributed by atoms with Crippen LogP contribution in [0.25, 0.3) is 0 Å². The smallest absolute Gasteiger partial charge is 0.262 e. The molecule has 262 valence electrons. The van der Waals surface area contributed by atoms with E-state index in [2.05, 4.69) is 103 Å². The molecule has 3 atom stereocenters. The molecule has 0 aromatic heterocycles. The molecule has 47 heavy (non-hydrogen) atoms. The zero-order chi connectivity index (χ0) is 35.4. The van der Waals surface area contributed by atoms with Crippen molar-refractivity contribution in [2.75, 3.05) is 37.7 Å². The predicted molar refractivity (Wildman–Crippen MR) is 212 cm³/mol. The fourth-order valence-electron chi connectivity index (χ4n) is 4.76. The molecule has 7 heteroatoms. The van der Waals surface area contributed by atoms with Gasteiger partial charge in [0, 0.05) is 35.3 Å². The molecule has 1 aromatic rings. The van der Waals surface area contributed by atoms with E-state index >= 15 is 0 Å². The SMILES string of the molecule is C=CCC.C=Nc1ccccc1N(CC(=C)C(C)CNCCC)CN(CCCC)C(=O)C1=C(Cl)C2C=CC=CC2(C)S1.CCC(C)C. The van der Waals surface area contributed by atoms with Crippen LogP contribution >= 0.6 is 23.4 Å². The third kappa shape index (κ3) is 13.8. The van der Waals surface area contributed by atoms with Gasteiger partial charge in [-0.3, -0.25) is 9.79 Å². The molecule has 0 saturated carbocycles. The molecule has 0 radical (unpaired) electrons. The highest BCUT2D eigenvalue weighted by molar-refractivity contribution is 8.05. The molecule has 1 N–H and O–H groups in total. The molecule has 5 nitrogen and oxygen atoms in total. The number of benzene rings is 1. The molecule has 3 unspecified atom stereocenters. The van der Waals surface area contributed by atoms with Crippen molar-refractivity contribution in [2.24, 2.45) is 22.7 Å². The summed E-state index contributed by atoms with van der Waals surface area (Å²) in [6.45, 7) is 32.6. The fraction of sp³-hybridized carbons (Fsp3) is 0.550. The number of hydrogen-bond donors (Lipinski definition) is 1. The van der Waals surface area contributed by atoms with Crippen LogP contribution < -0.4 is 10.2 Å². The first-order valence-electron chi connectivity index (χ1n) is 17.5. The lowest BCUT2D eigenvalue weighted by Crippen LogP contribution is -2.44. The maximum Gasteiger partial charge on any atom is 0.262 e. The lowest BCUT2D eigenvalue weighted by molar-refractivity contribution is -0.126. The van der Waals surface area contributed by atoms with Crippen molar-refractivity contribution in [1.82, 2.24) is 10.2 Å². The first-order valence-corrected chi connectivity index (χ1v) is 18.7. The van der Waals surface area contributed by atoms with Crippen molar-refractivity contribution < 1.29 is 4.79 Å². The number of para-hydroxylation sites is 2. The summed E-state index contributed by atoms with van der Waals surface area (Å²) in [5.41, 5.74) is 2.84. The number of nitrogens with one attached hydrogen (secondary N) is 1. The van der Waals surface area contributed by atoms with Crippen LogP contribution in [0.3, 0.4) is 0 Å². The standard InChI is InChI=1S/C31H43ClN4OS.C5H12.C4H8/c1-7-9-19-35(30(37)29-28(32)25-14-12-13-17-31(25,5)38-29)22-36(27-16-11-10-15-26(27)33-6)21-24(4)23(3)20-34-18-8-2;1-4-5(2)3;1-3-4-2/h10-17,23,25,34H,4,6-9,18-22H2,1-3,5H3;5H,4H2,1-3H3;3H,1,4H2,2H3. The number of hydrogen-bond acceptors (Lipinski definition) is 5. The van der Waals surface area contributed by atoms with Crippen molar-refractivity contribution in [1.29, 1.82) is 0 Å². The van der Waals surface area contributed by atoms with E-state index in [9.17, 15) is 4.79 Å². The minimum Gasteiger partial charge on any atom is -0.348 e. The molecule has 1 aromatic carbocycles. The fourth-order valence-corrected chi connectivity index (χ4v) is 6.67. The molecule has 1 heterocycles. The summed E-state index contributed by atoms with van der Waals surface area (Å²) >= 11 is 8.45. The van der Waals surface area contributed by atoms with E-state index in [4.69, 9.17) is 11.6 Å². The second kappa shape index (κ2) is 22.9. The third-order valence-corrected chi connectivity index (χ3v) is 10.3. The summed E-state index contributed by atoms with van der Waals surface area (Å²) in [6.07, 6.45) is 15.6. The Bertz CT molecular complexity index is 1220. The monoisotopic (exact) mass is 682 g/mol. The number of allylic oxidation sites excluding steroid dienone is 5. The van der Waals surface area contributed by atoms with Crippen molar-refractivity contribution in [3.8, 4) is 0 Å². The van der Waals surface area contributed by atoms with Crippen LogP contribution in [0.15, 0.2) is 88.3 Å². The Balaban J connectivity index is 0.00000108. The molecule has 1 aliphatic heterocycles. The quantitative estimate of drug-likeness (QED) is 0.0769. The second-order valence-electron chi connectivity index (χ2n) is 12.9. The van der Waals surface area contributed by atoms with Crippen LogP contribution in [-0.2, 0) is 4.79 Å². The predicted octanol–water partition coefficient (Wildman–Crippen LogP) is 10.9. The number of fused-ring (bicyclic) bond motifs is 1. The number of carbonyl (C=O) groups excluding carboxylic acids is 1. The Morgan fingerprint density at radius 3 is 2.36 bits per heavy atom. The Morgan fingerprint density at radius 1 is 1.15 bits per heavy atom. The van der Waals surface area contributed by atoms with E-state index < -0.39 is 0 Å². The van der Waals surface area contributed by atoms with Gasteiger partial charge in [-0.25, -0.2) is 0 Å². The largest absolute Gasteiger partial charge is 0.348 e. The normalized spacial score (nSPS) is 18.4. The van der Waals surface area contributed by atoms with Crippen molar-refractivity contribution in [3.05, 3.63) is 83.3 Å². The van der Waals surface area contributed by atoms with Gasteiger partial charge < -0.3 is 15.1 Å². The van der Waals surface area contributed by atoms with Crippen LogP contribution in [0.5, 0.6) is 0 Å². The van der Waals surface area contributed by atoms with Gasteiger partial charge in [0.25, 0.3) is 5.91 Å². The molecule has 0 spiro atoms. The summed E-state index contributed by atoms with van der Waals surface area (Å²) in [4.78, 5) is 23.2. The van der Waals surface area contributed by atoms with Gasteiger partial charge in [-0.1, -0.05) is 128 Å². The highest BCUT2D eigenvalue weighted by Gasteiger charge is 2.45. The van der Waals surface area contributed by atoms with Crippen LogP contribution in [0.4, 0.5) is 11.4 Å². The maximum absolute atomic E-state index is 14.1.